The molecule has 146 valence electrons. The number of amides is 2. The second-order valence-corrected chi connectivity index (χ2v) is 6.59. The zero-order chi connectivity index (χ0) is 20.5. The third-order valence-electron chi connectivity index (χ3n) is 3.99. The van der Waals surface area contributed by atoms with Gasteiger partial charge in [0.2, 0.25) is 0 Å². The molecule has 0 radical (unpaired) electrons. The Morgan fingerprint density at radius 2 is 1.64 bits per heavy atom. The average Bonchev–Trinajstić information content (AvgIpc) is 2.68. The summed E-state index contributed by atoms with van der Waals surface area (Å²) in [6.07, 6.45) is 3.44. The fourth-order valence-electron chi connectivity index (χ4n) is 2.38. The molecule has 0 fully saturated rings. The Kier molecular flexibility index (Phi) is 7.51. The third kappa shape index (κ3) is 6.39. The van der Waals surface area contributed by atoms with Crippen LogP contribution < -0.4 is 15.5 Å². The number of carbonyl (C=O) groups is 2. The Morgan fingerprint density at radius 3 is 2.21 bits per heavy atom. The number of nitrogens with zero attached hydrogens (tertiary/aromatic N) is 1. The van der Waals surface area contributed by atoms with E-state index in [-0.39, 0.29) is 0 Å². The van der Waals surface area contributed by atoms with E-state index in [4.69, 9.17) is 4.74 Å². The van der Waals surface area contributed by atoms with Crippen molar-refractivity contribution < 1.29 is 14.3 Å². The van der Waals surface area contributed by atoms with Gasteiger partial charge in [0, 0.05) is 5.69 Å². The number of hydrazone groups is 1. The van der Waals surface area contributed by atoms with Crippen molar-refractivity contribution in [2.75, 3.05) is 12.4 Å². The number of methoxy groups -OCH3 is 1. The zero-order valence-electron chi connectivity index (χ0n) is 16.5. The van der Waals surface area contributed by atoms with Crippen LogP contribution in [0, 0.1) is 0 Å². The van der Waals surface area contributed by atoms with Crippen LogP contribution in [0.1, 0.15) is 37.8 Å². The molecule has 0 heterocycles. The lowest BCUT2D eigenvalue weighted by Gasteiger charge is -2.05. The van der Waals surface area contributed by atoms with Gasteiger partial charge in [0.05, 0.1) is 13.3 Å². The van der Waals surface area contributed by atoms with E-state index in [9.17, 15) is 9.59 Å². The minimum atomic E-state index is -0.846. The molecule has 2 aromatic rings. The highest BCUT2D eigenvalue weighted by atomic mass is 16.5. The molecule has 2 rings (SSSR count). The minimum absolute atomic E-state index is 0.486. The summed E-state index contributed by atoms with van der Waals surface area (Å²) in [4.78, 5) is 23.7. The lowest BCUT2D eigenvalue weighted by molar-refractivity contribution is -0.136. The predicted molar refractivity (Wildman–Crippen MR) is 112 cm³/mol. The van der Waals surface area contributed by atoms with Gasteiger partial charge in [0.15, 0.2) is 0 Å². The first kappa shape index (κ1) is 20.9. The van der Waals surface area contributed by atoms with Gasteiger partial charge in [-0.25, -0.2) is 5.43 Å². The molecule has 2 amide bonds. The molecule has 0 saturated heterocycles. The fraction of sp³-hybridized carbons (Fsp3) is 0.227. The van der Waals surface area contributed by atoms with Gasteiger partial charge < -0.3 is 10.1 Å². The molecule has 28 heavy (non-hydrogen) atoms. The van der Waals surface area contributed by atoms with Crippen LogP contribution in [0.5, 0.6) is 5.75 Å². The lowest BCUT2D eigenvalue weighted by atomic mass is 10.0. The van der Waals surface area contributed by atoms with E-state index in [1.165, 1.54) is 11.8 Å². The Morgan fingerprint density at radius 1 is 1.00 bits per heavy atom. The highest BCUT2D eigenvalue weighted by Crippen LogP contribution is 2.16. The van der Waals surface area contributed by atoms with Crippen LogP contribution >= 0.6 is 0 Å². The summed E-state index contributed by atoms with van der Waals surface area (Å²) >= 11 is 0. The standard InChI is InChI=1S/C22H25N3O3/c1-15(2)18-7-5-17(6-8-18)13-16(3)14-23-25-22(27)21(26)24-19-9-11-20(28-4)12-10-19/h5-15H,1-4H3,(H,24,26)(H,25,27)/b16-13+,23-14?. The molecule has 2 aromatic carbocycles. The summed E-state index contributed by atoms with van der Waals surface area (Å²) < 4.78 is 5.04. The van der Waals surface area contributed by atoms with Gasteiger partial charge in [-0.1, -0.05) is 44.2 Å². The Hall–Kier alpha value is -3.41. The molecular formula is C22H25N3O3. The van der Waals surface area contributed by atoms with Crippen molar-refractivity contribution in [3.63, 3.8) is 0 Å². The first-order chi connectivity index (χ1) is 13.4. The molecule has 0 aromatic heterocycles. The Balaban J connectivity index is 1.87. The number of rotatable bonds is 6. The minimum Gasteiger partial charge on any atom is -0.497 e. The maximum atomic E-state index is 11.9. The van der Waals surface area contributed by atoms with Crippen molar-refractivity contribution >= 4 is 29.8 Å². The summed E-state index contributed by atoms with van der Waals surface area (Å²) in [6, 6.07) is 14.9. The SMILES string of the molecule is COc1ccc(NC(=O)C(=O)NN=C/C(C)=C/c2ccc(C(C)C)cc2)cc1. The predicted octanol–water partition coefficient (Wildman–Crippen LogP) is 3.96. The second-order valence-electron chi connectivity index (χ2n) is 6.59. The molecule has 0 spiro atoms. The van der Waals surface area contributed by atoms with Gasteiger partial charge in [-0.15, -0.1) is 0 Å². The van der Waals surface area contributed by atoms with Crippen molar-refractivity contribution in [1.82, 2.24) is 5.43 Å². The number of nitrogens with one attached hydrogen (secondary N) is 2. The van der Waals surface area contributed by atoms with E-state index < -0.39 is 11.8 Å². The number of allylic oxidation sites excluding steroid dienone is 1. The fourth-order valence-corrected chi connectivity index (χ4v) is 2.38. The third-order valence-corrected chi connectivity index (χ3v) is 3.99. The zero-order valence-corrected chi connectivity index (χ0v) is 16.5. The topological polar surface area (TPSA) is 79.8 Å². The molecule has 0 aliphatic carbocycles. The quantitative estimate of drug-likeness (QED) is 0.453. The van der Waals surface area contributed by atoms with Crippen molar-refractivity contribution in [1.29, 1.82) is 0 Å². The van der Waals surface area contributed by atoms with Gasteiger partial charge in [-0.2, -0.15) is 5.10 Å². The monoisotopic (exact) mass is 379 g/mol. The smallest absolute Gasteiger partial charge is 0.329 e. The molecule has 0 aliphatic heterocycles. The molecule has 0 aliphatic rings. The van der Waals surface area contributed by atoms with Crippen LogP contribution in [-0.4, -0.2) is 25.1 Å². The number of hydrogen-bond acceptors (Lipinski definition) is 4. The molecule has 0 unspecified atom stereocenters. The van der Waals surface area contributed by atoms with E-state index >= 15 is 0 Å². The summed E-state index contributed by atoms with van der Waals surface area (Å²) in [5.74, 6) is -0.498. The van der Waals surface area contributed by atoms with Gasteiger partial charge in [-0.05, 0) is 53.8 Å². The van der Waals surface area contributed by atoms with Crippen molar-refractivity contribution in [2.24, 2.45) is 5.10 Å². The molecule has 6 heteroatoms. The lowest BCUT2D eigenvalue weighted by Crippen LogP contribution is -2.32. The highest BCUT2D eigenvalue weighted by molar-refractivity contribution is 6.39. The number of carbonyl (C=O) groups excluding carboxylic acids is 2. The van der Waals surface area contributed by atoms with Crippen LogP contribution in [0.15, 0.2) is 59.2 Å². The normalized spacial score (nSPS) is 11.5. The van der Waals surface area contributed by atoms with Crippen LogP contribution in [-0.2, 0) is 9.59 Å². The molecule has 0 atom stereocenters. The average molecular weight is 379 g/mol. The van der Waals surface area contributed by atoms with E-state index in [0.29, 0.717) is 17.4 Å². The van der Waals surface area contributed by atoms with E-state index in [0.717, 1.165) is 11.1 Å². The largest absolute Gasteiger partial charge is 0.497 e. The first-order valence-corrected chi connectivity index (χ1v) is 8.95. The number of anilines is 1. The van der Waals surface area contributed by atoms with Crippen molar-refractivity contribution in [2.45, 2.75) is 26.7 Å². The molecule has 0 saturated carbocycles. The second kappa shape index (κ2) is 10.1. The van der Waals surface area contributed by atoms with Gasteiger partial charge in [0.25, 0.3) is 0 Å². The number of hydrogen-bond donors (Lipinski definition) is 2. The molecule has 2 N–H and O–H groups in total. The highest BCUT2D eigenvalue weighted by Gasteiger charge is 2.12. The van der Waals surface area contributed by atoms with Crippen molar-refractivity contribution in [3.8, 4) is 5.75 Å². The number of benzene rings is 2. The maximum absolute atomic E-state index is 11.9. The van der Waals surface area contributed by atoms with Crippen LogP contribution in [0.3, 0.4) is 0 Å². The summed E-state index contributed by atoms with van der Waals surface area (Å²) in [5.41, 5.74) is 5.87. The van der Waals surface area contributed by atoms with Gasteiger partial charge in [0.1, 0.15) is 5.75 Å². The van der Waals surface area contributed by atoms with E-state index in [2.05, 4.69) is 41.8 Å². The Bertz CT molecular complexity index is 867. The maximum Gasteiger partial charge on any atom is 0.329 e. The van der Waals surface area contributed by atoms with Gasteiger partial charge in [-0.3, -0.25) is 9.59 Å². The van der Waals surface area contributed by atoms with E-state index in [1.54, 1.807) is 31.4 Å². The summed E-state index contributed by atoms with van der Waals surface area (Å²) in [7, 11) is 1.55. The van der Waals surface area contributed by atoms with Crippen LogP contribution in [0.25, 0.3) is 6.08 Å². The van der Waals surface area contributed by atoms with E-state index in [1.807, 2.05) is 25.1 Å². The summed E-state index contributed by atoms with van der Waals surface area (Å²) in [5, 5.41) is 6.32. The summed E-state index contributed by atoms with van der Waals surface area (Å²) in [6.45, 7) is 6.16. The van der Waals surface area contributed by atoms with Crippen molar-refractivity contribution in [3.05, 3.63) is 65.2 Å². The van der Waals surface area contributed by atoms with Gasteiger partial charge >= 0.3 is 11.8 Å². The molecule has 6 nitrogen and oxygen atoms in total. The van der Waals surface area contributed by atoms with Crippen LogP contribution in [0.2, 0.25) is 0 Å². The molecule has 0 bridgehead atoms. The first-order valence-electron chi connectivity index (χ1n) is 8.95. The van der Waals surface area contributed by atoms with Crippen LogP contribution in [0.4, 0.5) is 5.69 Å². The number of ether oxygens (including phenoxy) is 1. The molecular weight excluding hydrogens is 354 g/mol. The Labute approximate surface area is 165 Å².